The van der Waals surface area contributed by atoms with Crippen molar-refractivity contribution in [2.75, 3.05) is 0 Å². The van der Waals surface area contributed by atoms with Crippen molar-refractivity contribution < 1.29 is 20.4 Å². The van der Waals surface area contributed by atoms with Crippen molar-refractivity contribution in [1.82, 2.24) is 0 Å². The molecule has 0 atom stereocenters. The quantitative estimate of drug-likeness (QED) is 0.281. The van der Waals surface area contributed by atoms with Gasteiger partial charge in [-0.05, 0) is 64.7 Å². The van der Waals surface area contributed by atoms with Crippen LogP contribution < -0.4 is 5.30 Å². The maximum Gasteiger partial charge on any atom is 0.0669 e. The fraction of sp³-hybridized carbons (Fsp3) is 0.632. The van der Waals surface area contributed by atoms with Crippen LogP contribution in [0.4, 0.5) is 0 Å². The Morgan fingerprint density at radius 2 is 1.14 bits per heavy atom. The van der Waals surface area contributed by atoms with Gasteiger partial charge in [0.2, 0.25) is 0 Å². The summed E-state index contributed by atoms with van der Waals surface area (Å²) in [6, 6.07) is 9.18. The molecule has 0 aliphatic heterocycles. The van der Waals surface area contributed by atoms with Crippen LogP contribution in [-0.2, 0) is 25.8 Å². The van der Waals surface area contributed by atoms with Crippen LogP contribution in [0.5, 0.6) is 0 Å². The first-order chi connectivity index (χ1) is 9.27. The number of rotatable bonds is 2. The van der Waals surface area contributed by atoms with Crippen LogP contribution in [0.2, 0.25) is 0 Å². The Hall–Kier alpha value is 0.602. The van der Waals surface area contributed by atoms with Crippen molar-refractivity contribution in [1.29, 1.82) is 0 Å². The van der Waals surface area contributed by atoms with Gasteiger partial charge in [0, 0.05) is 20.4 Å². The molecule has 0 spiro atoms. The summed E-state index contributed by atoms with van der Waals surface area (Å²) < 4.78 is 0. The Balaban J connectivity index is 0.00000441. The van der Waals surface area contributed by atoms with E-state index < -0.39 is 7.26 Å². The molecule has 22 heavy (non-hydrogen) atoms. The monoisotopic (exact) mass is 432 g/mol. The van der Waals surface area contributed by atoms with Gasteiger partial charge >= 0.3 is 0 Å². The molecule has 0 aromatic heterocycles. The first-order valence-electron chi connectivity index (χ1n) is 7.72. The molecule has 0 heterocycles. The van der Waals surface area contributed by atoms with Crippen LogP contribution in [0.3, 0.4) is 0 Å². The number of benzene rings is 1. The van der Waals surface area contributed by atoms with E-state index in [1.165, 1.54) is 10.9 Å². The second-order valence-corrected chi connectivity index (χ2v) is 14.4. The molecule has 130 valence electrons. The molecule has 0 unspecified atom stereocenters. The van der Waals surface area contributed by atoms with E-state index in [0.717, 1.165) is 0 Å². The van der Waals surface area contributed by atoms with Gasteiger partial charge in [-0.2, -0.15) is 0 Å². The summed E-state index contributed by atoms with van der Waals surface area (Å²) in [5.74, 6) is 0. The third-order valence-corrected chi connectivity index (χ3v) is 10.9. The van der Waals surface area contributed by atoms with Crippen LogP contribution in [0.25, 0.3) is 0 Å². The molecule has 0 saturated carbocycles. The van der Waals surface area contributed by atoms with Crippen LogP contribution in [0.1, 0.15) is 67.9 Å². The summed E-state index contributed by atoms with van der Waals surface area (Å²) in [6.07, 6.45) is 0. The molecule has 0 saturated heterocycles. The van der Waals surface area contributed by atoms with Gasteiger partial charge in [-0.15, -0.1) is 0 Å². The van der Waals surface area contributed by atoms with Crippen LogP contribution in [0, 0.1) is 5.62 Å². The van der Waals surface area contributed by atoms with Crippen molar-refractivity contribution in [2.24, 2.45) is 0 Å². The van der Waals surface area contributed by atoms with E-state index in [1.54, 1.807) is 0 Å². The molecule has 0 nitrogen and oxygen atoms in total. The second-order valence-electron chi connectivity index (χ2n) is 8.96. The van der Waals surface area contributed by atoms with E-state index in [2.05, 4.69) is 86.6 Å². The maximum absolute atomic E-state index is 6.48. The van der Waals surface area contributed by atoms with Crippen molar-refractivity contribution in [3.05, 3.63) is 35.5 Å². The molecule has 0 aliphatic carbocycles. The Morgan fingerprint density at radius 3 is 1.36 bits per heavy atom. The molecule has 1 rings (SSSR count). The molecular formula is C19H32ClPPd. The van der Waals surface area contributed by atoms with Crippen molar-refractivity contribution in [3.8, 4) is 0 Å². The number of hydrogen-bond acceptors (Lipinski definition) is 0. The average molecular weight is 433 g/mol. The molecular weight excluding hydrogens is 401 g/mol. The molecule has 0 fully saturated rings. The normalized spacial score (nSPS) is 13.7. The smallest absolute Gasteiger partial charge is 0.0669 e. The fourth-order valence-corrected chi connectivity index (χ4v) is 10.3. The van der Waals surface area contributed by atoms with Crippen LogP contribution in [0.15, 0.2) is 24.3 Å². The molecule has 0 N–H and O–H groups in total. The van der Waals surface area contributed by atoms with Gasteiger partial charge in [0.1, 0.15) is 0 Å². The van der Waals surface area contributed by atoms with E-state index in [1.807, 2.05) is 5.62 Å². The zero-order valence-corrected chi connectivity index (χ0v) is 18.7. The van der Waals surface area contributed by atoms with Gasteiger partial charge in [-0.1, -0.05) is 45.8 Å². The van der Waals surface area contributed by atoms with Crippen molar-refractivity contribution in [2.45, 2.75) is 78.0 Å². The van der Waals surface area contributed by atoms with Gasteiger partial charge in [0.05, 0.1) is 15.6 Å². The van der Waals surface area contributed by atoms with E-state index >= 15 is 0 Å². The third kappa shape index (κ3) is 4.16. The van der Waals surface area contributed by atoms with E-state index in [4.69, 9.17) is 11.6 Å². The fourth-order valence-electron chi connectivity index (χ4n) is 3.33. The topological polar surface area (TPSA) is 0 Å². The Bertz CT molecular complexity index is 458. The largest absolute Gasteiger partial charge is 0.304 e. The predicted octanol–water partition coefficient (Wildman–Crippen LogP) is 6.58. The zero-order chi connectivity index (χ0) is 16.7. The van der Waals surface area contributed by atoms with Gasteiger partial charge in [-0.25, -0.2) is 0 Å². The zero-order valence-electron chi connectivity index (χ0n) is 15.5. The Kier molecular flexibility index (Phi) is 7.43. The van der Waals surface area contributed by atoms with E-state index in [0.29, 0.717) is 0 Å². The predicted molar refractivity (Wildman–Crippen MR) is 101 cm³/mol. The minimum atomic E-state index is -1.63. The molecule has 1 aromatic rings. The van der Waals surface area contributed by atoms with E-state index in [9.17, 15) is 0 Å². The third-order valence-electron chi connectivity index (χ3n) is 4.40. The summed E-state index contributed by atoms with van der Waals surface area (Å²) in [6.45, 7) is 20.7. The summed E-state index contributed by atoms with van der Waals surface area (Å²) in [5.41, 5.74) is 3.56. The number of hydrogen-bond donors (Lipinski definition) is 0. The summed E-state index contributed by atoms with van der Waals surface area (Å²) >= 11 is 6.48. The van der Waals surface area contributed by atoms with Crippen LogP contribution >= 0.6 is 18.9 Å². The van der Waals surface area contributed by atoms with Crippen molar-refractivity contribution in [3.63, 3.8) is 0 Å². The first-order valence-corrected chi connectivity index (χ1v) is 10.0. The molecule has 0 radical (unpaired) electrons. The van der Waals surface area contributed by atoms with E-state index in [-0.39, 0.29) is 36.1 Å². The van der Waals surface area contributed by atoms with Crippen molar-refractivity contribution >= 4 is 24.2 Å². The van der Waals surface area contributed by atoms with Gasteiger partial charge in [0.15, 0.2) is 0 Å². The number of halogens is 1. The first kappa shape index (κ1) is 22.6. The Labute approximate surface area is 157 Å². The maximum atomic E-state index is 6.48. The molecule has 3 heteroatoms. The SMILES string of the molecule is CC(C)(C)c1ccc([P+]([CH-]Cl)(C(C)(C)C)C(C)(C)C)cc1.[Pd]. The van der Waals surface area contributed by atoms with Gasteiger partial charge < -0.3 is 11.6 Å². The molecule has 0 aliphatic rings. The van der Waals surface area contributed by atoms with Crippen LogP contribution in [-0.4, -0.2) is 10.3 Å². The summed E-state index contributed by atoms with van der Waals surface area (Å²) in [4.78, 5) is 0. The summed E-state index contributed by atoms with van der Waals surface area (Å²) in [5, 5.41) is 1.71. The minimum Gasteiger partial charge on any atom is -0.304 e. The molecule has 0 bridgehead atoms. The standard InChI is InChI=1S/C19H32ClP.Pd/c1-17(2,3)15-10-12-16(13-11-15)21(14-20,18(4,5)6)19(7,8)9;/h10-14H,1-9H3;. The average Bonchev–Trinajstić information content (AvgIpc) is 2.26. The minimum absolute atomic E-state index is 0. The molecule has 1 aromatic carbocycles. The second kappa shape index (κ2) is 7.23. The summed E-state index contributed by atoms with van der Waals surface area (Å²) in [7, 11) is -1.63. The Morgan fingerprint density at radius 1 is 0.773 bits per heavy atom. The molecule has 0 amide bonds. The van der Waals surface area contributed by atoms with Gasteiger partial charge in [-0.3, -0.25) is 0 Å². The van der Waals surface area contributed by atoms with Gasteiger partial charge in [0.25, 0.3) is 0 Å².